The lowest BCUT2D eigenvalue weighted by Crippen LogP contribution is -2.53. The molecule has 154 valence electrons. The van der Waals surface area contributed by atoms with Crippen molar-refractivity contribution in [3.8, 4) is 5.75 Å². The molecule has 1 aliphatic heterocycles. The quantitative estimate of drug-likeness (QED) is 0.799. The predicted octanol–water partition coefficient (Wildman–Crippen LogP) is 2.75. The van der Waals surface area contributed by atoms with Gasteiger partial charge in [0, 0.05) is 18.7 Å². The lowest BCUT2D eigenvalue weighted by atomic mass is 10.0. The second-order valence-corrected chi connectivity index (χ2v) is 7.10. The Morgan fingerprint density at radius 3 is 2.46 bits per heavy atom. The summed E-state index contributed by atoms with van der Waals surface area (Å²) in [6.07, 6.45) is 0.535. The van der Waals surface area contributed by atoms with Gasteiger partial charge in [-0.1, -0.05) is 48.5 Å². The fourth-order valence-corrected chi connectivity index (χ4v) is 3.36. The van der Waals surface area contributed by atoms with Crippen LogP contribution in [-0.2, 0) is 17.8 Å². The highest BCUT2D eigenvalue weighted by molar-refractivity contribution is 5.85. The number of nitrogens with zero attached hydrogens (tertiary/aromatic N) is 2. The van der Waals surface area contributed by atoms with Gasteiger partial charge in [0.2, 0.25) is 5.91 Å². The van der Waals surface area contributed by atoms with E-state index in [-0.39, 0.29) is 36.8 Å². The maximum Gasteiger partial charge on any atom is 0.240 e. The SMILES string of the molecule is CN(C)CC1COc2ccccc2CN1C(=O)C(N)Cc1ccccc1.Cl.Cl. The number of amides is 1. The molecule has 0 fully saturated rings. The number of para-hydroxylation sites is 1. The van der Waals surface area contributed by atoms with Crippen LogP contribution in [0.25, 0.3) is 0 Å². The zero-order valence-corrected chi connectivity index (χ0v) is 17.9. The van der Waals surface area contributed by atoms with Crippen molar-refractivity contribution in [1.29, 1.82) is 0 Å². The van der Waals surface area contributed by atoms with Gasteiger partial charge in [-0.3, -0.25) is 4.79 Å². The standard InChI is InChI=1S/C21H27N3O2.2ClH/c1-23(2)14-18-15-26-20-11-7-6-10-17(20)13-24(18)21(25)19(22)12-16-8-4-3-5-9-16;;/h3-11,18-19H,12-15,22H2,1-2H3;2*1H. The van der Waals surface area contributed by atoms with Gasteiger partial charge in [0.1, 0.15) is 12.4 Å². The molecule has 3 rings (SSSR count). The summed E-state index contributed by atoms with van der Waals surface area (Å²) in [6, 6.07) is 17.2. The summed E-state index contributed by atoms with van der Waals surface area (Å²) in [6.45, 7) is 1.73. The molecular weight excluding hydrogens is 397 g/mol. The molecular formula is C21H29Cl2N3O2. The zero-order chi connectivity index (χ0) is 18.5. The molecule has 0 saturated heterocycles. The van der Waals surface area contributed by atoms with E-state index in [0.29, 0.717) is 19.6 Å². The molecule has 0 saturated carbocycles. The van der Waals surface area contributed by atoms with E-state index in [2.05, 4.69) is 4.90 Å². The van der Waals surface area contributed by atoms with Crippen molar-refractivity contribution in [3.63, 3.8) is 0 Å². The van der Waals surface area contributed by atoms with Crippen LogP contribution in [0, 0.1) is 0 Å². The summed E-state index contributed by atoms with van der Waals surface area (Å²) in [5, 5.41) is 0. The maximum absolute atomic E-state index is 13.2. The Balaban J connectivity index is 0.00000196. The molecule has 2 aromatic rings. The van der Waals surface area contributed by atoms with Gasteiger partial charge in [-0.05, 0) is 32.1 Å². The lowest BCUT2D eigenvalue weighted by Gasteiger charge is -2.33. The molecule has 2 aromatic carbocycles. The Labute approximate surface area is 179 Å². The number of hydrogen-bond donors (Lipinski definition) is 1. The van der Waals surface area contributed by atoms with Crippen molar-refractivity contribution >= 4 is 30.7 Å². The first-order valence-corrected chi connectivity index (χ1v) is 9.00. The highest BCUT2D eigenvalue weighted by Crippen LogP contribution is 2.25. The Hall–Kier alpha value is -1.79. The van der Waals surface area contributed by atoms with E-state index in [0.717, 1.165) is 23.4 Å². The van der Waals surface area contributed by atoms with Gasteiger partial charge in [0.05, 0.1) is 12.1 Å². The third kappa shape index (κ3) is 6.11. The van der Waals surface area contributed by atoms with Crippen molar-refractivity contribution in [2.75, 3.05) is 27.2 Å². The molecule has 1 aliphatic rings. The third-order valence-electron chi connectivity index (χ3n) is 4.66. The molecule has 7 heteroatoms. The number of likely N-dealkylation sites (N-methyl/N-ethyl adjacent to an activating group) is 1. The number of benzene rings is 2. The number of ether oxygens (including phenoxy) is 1. The van der Waals surface area contributed by atoms with Crippen molar-refractivity contribution in [2.45, 2.75) is 25.0 Å². The monoisotopic (exact) mass is 425 g/mol. The van der Waals surface area contributed by atoms with Crippen LogP contribution >= 0.6 is 24.8 Å². The van der Waals surface area contributed by atoms with Crippen molar-refractivity contribution in [3.05, 3.63) is 65.7 Å². The van der Waals surface area contributed by atoms with E-state index in [9.17, 15) is 4.79 Å². The highest BCUT2D eigenvalue weighted by Gasteiger charge is 2.31. The largest absolute Gasteiger partial charge is 0.491 e. The average molecular weight is 426 g/mol. The first-order chi connectivity index (χ1) is 12.5. The van der Waals surface area contributed by atoms with Crippen molar-refractivity contribution < 1.29 is 9.53 Å². The van der Waals surface area contributed by atoms with Crippen LogP contribution < -0.4 is 10.5 Å². The minimum absolute atomic E-state index is 0. The van der Waals surface area contributed by atoms with Gasteiger partial charge >= 0.3 is 0 Å². The van der Waals surface area contributed by atoms with Crippen LogP contribution in [0.4, 0.5) is 0 Å². The van der Waals surface area contributed by atoms with Gasteiger partial charge in [-0.15, -0.1) is 24.8 Å². The topological polar surface area (TPSA) is 58.8 Å². The average Bonchev–Trinajstić information content (AvgIpc) is 2.81. The Kier molecular flexibility index (Phi) is 9.76. The number of carbonyl (C=O) groups is 1. The number of halogens is 2. The van der Waals surface area contributed by atoms with Gasteiger partial charge in [0.25, 0.3) is 0 Å². The second-order valence-electron chi connectivity index (χ2n) is 7.10. The fourth-order valence-electron chi connectivity index (χ4n) is 3.36. The Bertz CT molecular complexity index is 743. The molecule has 2 unspecified atom stereocenters. The summed E-state index contributed by atoms with van der Waals surface area (Å²) in [4.78, 5) is 17.1. The second kappa shape index (κ2) is 11.3. The van der Waals surface area contributed by atoms with Crippen LogP contribution in [0.15, 0.2) is 54.6 Å². The van der Waals surface area contributed by atoms with Gasteiger partial charge in [-0.2, -0.15) is 0 Å². The number of rotatable bonds is 5. The van der Waals surface area contributed by atoms with Gasteiger partial charge in [-0.25, -0.2) is 0 Å². The summed E-state index contributed by atoms with van der Waals surface area (Å²) < 4.78 is 5.98. The zero-order valence-electron chi connectivity index (χ0n) is 16.3. The molecule has 0 spiro atoms. The summed E-state index contributed by atoms with van der Waals surface area (Å²) >= 11 is 0. The minimum atomic E-state index is -0.563. The van der Waals surface area contributed by atoms with Crippen LogP contribution in [0.1, 0.15) is 11.1 Å². The van der Waals surface area contributed by atoms with Gasteiger partial charge < -0.3 is 20.3 Å². The summed E-state index contributed by atoms with van der Waals surface area (Å²) in [5.74, 6) is 0.823. The predicted molar refractivity (Wildman–Crippen MR) is 117 cm³/mol. The molecule has 0 aromatic heterocycles. The van der Waals surface area contributed by atoms with E-state index in [1.807, 2.05) is 73.6 Å². The first kappa shape index (κ1) is 24.2. The number of nitrogens with two attached hydrogens (primary N) is 1. The number of carbonyl (C=O) groups excluding carboxylic acids is 1. The molecule has 0 radical (unpaired) electrons. The molecule has 0 bridgehead atoms. The van der Waals surface area contributed by atoms with Gasteiger partial charge in [0.15, 0.2) is 0 Å². The number of hydrogen-bond acceptors (Lipinski definition) is 4. The molecule has 2 N–H and O–H groups in total. The fraction of sp³-hybridized carbons (Fsp3) is 0.381. The molecule has 0 aliphatic carbocycles. The molecule has 28 heavy (non-hydrogen) atoms. The maximum atomic E-state index is 13.2. The summed E-state index contributed by atoms with van der Waals surface area (Å²) in [7, 11) is 4.01. The smallest absolute Gasteiger partial charge is 0.240 e. The molecule has 2 atom stereocenters. The lowest BCUT2D eigenvalue weighted by molar-refractivity contribution is -0.136. The molecule has 1 amide bonds. The normalized spacial score (nSPS) is 16.7. The molecule has 1 heterocycles. The van der Waals surface area contributed by atoms with Crippen molar-refractivity contribution in [2.24, 2.45) is 5.73 Å². The Morgan fingerprint density at radius 2 is 1.79 bits per heavy atom. The van der Waals surface area contributed by atoms with E-state index < -0.39 is 6.04 Å². The van der Waals surface area contributed by atoms with Crippen LogP contribution in [0.5, 0.6) is 5.75 Å². The van der Waals surface area contributed by atoms with E-state index in [1.54, 1.807) is 0 Å². The van der Waals surface area contributed by atoms with Crippen molar-refractivity contribution in [1.82, 2.24) is 9.80 Å². The van der Waals surface area contributed by atoms with E-state index in [4.69, 9.17) is 10.5 Å². The number of fused-ring (bicyclic) bond motifs is 1. The summed E-state index contributed by atoms with van der Waals surface area (Å²) in [5.41, 5.74) is 8.39. The first-order valence-electron chi connectivity index (χ1n) is 9.00. The van der Waals surface area contributed by atoms with Crippen LogP contribution in [-0.4, -0.2) is 55.0 Å². The Morgan fingerprint density at radius 1 is 1.14 bits per heavy atom. The minimum Gasteiger partial charge on any atom is -0.491 e. The third-order valence-corrected chi connectivity index (χ3v) is 4.66. The van der Waals surface area contributed by atoms with E-state index in [1.165, 1.54) is 0 Å². The molecule has 5 nitrogen and oxygen atoms in total. The van der Waals surface area contributed by atoms with E-state index >= 15 is 0 Å². The highest BCUT2D eigenvalue weighted by atomic mass is 35.5. The van der Waals surface area contributed by atoms with Crippen LogP contribution in [0.3, 0.4) is 0 Å². The van der Waals surface area contributed by atoms with Crippen LogP contribution in [0.2, 0.25) is 0 Å².